The summed E-state index contributed by atoms with van der Waals surface area (Å²) in [6.07, 6.45) is 0. The average molecular weight is 723 g/mol. The smallest absolute Gasteiger partial charge is 0.0713 e. The van der Waals surface area contributed by atoms with Crippen molar-refractivity contribution in [2.75, 3.05) is 9.80 Å². The van der Waals surface area contributed by atoms with Crippen molar-refractivity contribution in [3.8, 4) is 11.1 Å². The second-order valence-corrected chi connectivity index (χ2v) is 15.5. The summed E-state index contributed by atoms with van der Waals surface area (Å²) >= 11 is 0. The molecule has 0 spiro atoms. The van der Waals surface area contributed by atoms with Gasteiger partial charge in [0.25, 0.3) is 0 Å². The highest BCUT2D eigenvalue weighted by Crippen LogP contribution is 2.57. The van der Waals surface area contributed by atoms with Gasteiger partial charge in [0.1, 0.15) is 0 Å². The Hall–Kier alpha value is -6.64. The lowest BCUT2D eigenvalue weighted by Crippen LogP contribution is -2.29. The molecule has 0 radical (unpaired) electrons. The van der Waals surface area contributed by atoms with Crippen LogP contribution in [0.25, 0.3) is 11.1 Å². The standard InChI is InChI=1S/C54H46N2/c1-37-11-23-45(24-12-37)55(44-9-7-6-8-10-44)48-29-19-42(20-30-48)54(52-35-40(4)17-33-50(52)51-34-18-41(5)36-53(51)54)43-21-31-49(32-22-43)56(46-25-13-38(2)14-26-46)47-27-15-39(3)16-28-47/h6-36H,1-5H3. The van der Waals surface area contributed by atoms with E-state index in [1.54, 1.807) is 0 Å². The van der Waals surface area contributed by atoms with E-state index in [9.17, 15) is 0 Å². The van der Waals surface area contributed by atoms with Gasteiger partial charge in [-0.2, -0.15) is 0 Å². The predicted octanol–water partition coefficient (Wildman–Crippen LogP) is 14.5. The largest absolute Gasteiger partial charge is 0.311 e. The molecule has 2 heteroatoms. The van der Waals surface area contributed by atoms with E-state index >= 15 is 0 Å². The molecule has 0 heterocycles. The summed E-state index contributed by atoms with van der Waals surface area (Å²) in [6, 6.07) is 69.8. The average Bonchev–Trinajstić information content (AvgIpc) is 3.50. The fraction of sp³-hybridized carbons (Fsp3) is 0.111. The van der Waals surface area contributed by atoms with Gasteiger partial charge in [-0.3, -0.25) is 0 Å². The van der Waals surface area contributed by atoms with Crippen LogP contribution in [0.1, 0.15) is 50.1 Å². The Morgan fingerprint density at radius 1 is 0.286 bits per heavy atom. The molecule has 0 bridgehead atoms. The molecule has 8 aromatic carbocycles. The molecule has 1 aliphatic carbocycles. The lowest BCUT2D eigenvalue weighted by atomic mass is 9.67. The molecule has 0 atom stereocenters. The zero-order valence-electron chi connectivity index (χ0n) is 32.8. The first-order valence-corrected chi connectivity index (χ1v) is 19.6. The van der Waals surface area contributed by atoms with E-state index in [2.05, 4.69) is 232 Å². The molecule has 0 aliphatic heterocycles. The van der Waals surface area contributed by atoms with E-state index < -0.39 is 5.41 Å². The normalized spacial score (nSPS) is 12.5. The highest BCUT2D eigenvalue weighted by atomic mass is 15.1. The van der Waals surface area contributed by atoms with Crippen LogP contribution in [0.15, 0.2) is 188 Å². The van der Waals surface area contributed by atoms with Gasteiger partial charge in [-0.15, -0.1) is 0 Å². The fourth-order valence-corrected chi connectivity index (χ4v) is 8.61. The van der Waals surface area contributed by atoms with Crippen LogP contribution in [0.3, 0.4) is 0 Å². The van der Waals surface area contributed by atoms with Crippen LogP contribution in [0.4, 0.5) is 34.1 Å². The number of rotatable bonds is 8. The zero-order valence-corrected chi connectivity index (χ0v) is 32.8. The van der Waals surface area contributed by atoms with Crippen LogP contribution in [0, 0.1) is 34.6 Å². The van der Waals surface area contributed by atoms with Crippen LogP contribution < -0.4 is 9.80 Å². The number of nitrogens with zero attached hydrogens (tertiary/aromatic N) is 2. The van der Waals surface area contributed by atoms with Crippen molar-refractivity contribution < 1.29 is 0 Å². The van der Waals surface area contributed by atoms with E-state index in [0.717, 1.165) is 34.1 Å². The number of hydrogen-bond acceptors (Lipinski definition) is 2. The Labute approximate surface area is 332 Å². The first-order chi connectivity index (χ1) is 27.3. The predicted molar refractivity (Wildman–Crippen MR) is 237 cm³/mol. The molecule has 8 aromatic rings. The second-order valence-electron chi connectivity index (χ2n) is 15.5. The number of hydrogen-bond donors (Lipinski definition) is 0. The summed E-state index contributed by atoms with van der Waals surface area (Å²) in [5.74, 6) is 0. The Balaban J connectivity index is 1.24. The number of fused-ring (bicyclic) bond motifs is 3. The monoisotopic (exact) mass is 722 g/mol. The lowest BCUT2D eigenvalue weighted by Gasteiger charge is -2.35. The number of benzene rings is 8. The summed E-state index contributed by atoms with van der Waals surface area (Å²) < 4.78 is 0. The first-order valence-electron chi connectivity index (χ1n) is 19.6. The molecular formula is C54H46N2. The molecule has 1 aliphatic rings. The SMILES string of the molecule is Cc1ccc(N(c2ccccc2)c2ccc(C3(c4ccc(N(c5ccc(C)cc5)c5ccc(C)cc5)cc4)c4cc(C)ccc4-c4ccc(C)cc43)cc2)cc1. The minimum atomic E-state index is -0.528. The summed E-state index contributed by atoms with van der Waals surface area (Å²) in [4.78, 5) is 4.71. The highest BCUT2D eigenvalue weighted by molar-refractivity contribution is 5.88. The van der Waals surface area contributed by atoms with Gasteiger partial charge in [-0.25, -0.2) is 0 Å². The molecule has 0 amide bonds. The molecule has 0 saturated heterocycles. The van der Waals surface area contributed by atoms with Gasteiger partial charge in [0.2, 0.25) is 0 Å². The van der Waals surface area contributed by atoms with Gasteiger partial charge >= 0.3 is 0 Å². The summed E-state index contributed by atoms with van der Waals surface area (Å²) in [5, 5.41) is 0. The molecular weight excluding hydrogens is 677 g/mol. The number of aryl methyl sites for hydroxylation is 5. The molecule has 0 aromatic heterocycles. The second kappa shape index (κ2) is 14.2. The van der Waals surface area contributed by atoms with E-state index in [0.29, 0.717) is 0 Å². The van der Waals surface area contributed by atoms with Crippen molar-refractivity contribution in [3.63, 3.8) is 0 Å². The van der Waals surface area contributed by atoms with E-state index in [4.69, 9.17) is 0 Å². The molecule has 0 N–H and O–H groups in total. The van der Waals surface area contributed by atoms with E-state index in [1.807, 2.05) is 0 Å². The maximum atomic E-state index is 2.42. The molecule has 2 nitrogen and oxygen atoms in total. The van der Waals surface area contributed by atoms with Crippen molar-refractivity contribution in [2.45, 2.75) is 40.0 Å². The van der Waals surface area contributed by atoms with Gasteiger partial charge in [0.15, 0.2) is 0 Å². The van der Waals surface area contributed by atoms with Gasteiger partial charge < -0.3 is 9.80 Å². The van der Waals surface area contributed by atoms with Crippen molar-refractivity contribution in [2.24, 2.45) is 0 Å². The van der Waals surface area contributed by atoms with Crippen LogP contribution in [-0.2, 0) is 5.41 Å². The molecule has 272 valence electrons. The fourth-order valence-electron chi connectivity index (χ4n) is 8.61. The third-order valence-electron chi connectivity index (χ3n) is 11.5. The topological polar surface area (TPSA) is 6.48 Å². The first kappa shape index (κ1) is 35.1. The molecule has 56 heavy (non-hydrogen) atoms. The molecule has 9 rings (SSSR count). The minimum Gasteiger partial charge on any atom is -0.311 e. The molecule has 0 fully saturated rings. The Morgan fingerprint density at radius 2 is 0.571 bits per heavy atom. The van der Waals surface area contributed by atoms with Crippen LogP contribution >= 0.6 is 0 Å². The maximum Gasteiger partial charge on any atom is 0.0713 e. The van der Waals surface area contributed by atoms with Crippen LogP contribution in [0.5, 0.6) is 0 Å². The van der Waals surface area contributed by atoms with E-state index in [-0.39, 0.29) is 0 Å². The van der Waals surface area contributed by atoms with Gasteiger partial charge in [0.05, 0.1) is 5.41 Å². The molecule has 0 saturated carbocycles. The van der Waals surface area contributed by atoms with Crippen molar-refractivity contribution in [3.05, 3.63) is 238 Å². The quantitative estimate of drug-likeness (QED) is 0.154. The molecule has 0 unspecified atom stereocenters. The van der Waals surface area contributed by atoms with Crippen LogP contribution in [0.2, 0.25) is 0 Å². The Kier molecular flexibility index (Phi) is 8.90. The van der Waals surface area contributed by atoms with Crippen molar-refractivity contribution in [1.29, 1.82) is 0 Å². The minimum absolute atomic E-state index is 0.528. The summed E-state index contributed by atoms with van der Waals surface area (Å²) in [5.41, 5.74) is 20.2. The summed E-state index contributed by atoms with van der Waals surface area (Å²) in [7, 11) is 0. The van der Waals surface area contributed by atoms with Crippen LogP contribution in [-0.4, -0.2) is 0 Å². The summed E-state index contributed by atoms with van der Waals surface area (Å²) in [6.45, 7) is 10.9. The third kappa shape index (κ3) is 6.08. The highest BCUT2D eigenvalue weighted by Gasteiger charge is 2.46. The maximum absolute atomic E-state index is 2.42. The lowest BCUT2D eigenvalue weighted by molar-refractivity contribution is 0.766. The number of para-hydroxylation sites is 1. The van der Waals surface area contributed by atoms with Gasteiger partial charge in [-0.1, -0.05) is 143 Å². The third-order valence-corrected chi connectivity index (χ3v) is 11.5. The zero-order chi connectivity index (χ0) is 38.4. The van der Waals surface area contributed by atoms with E-state index in [1.165, 1.54) is 61.2 Å². The number of anilines is 6. The van der Waals surface area contributed by atoms with Crippen molar-refractivity contribution in [1.82, 2.24) is 0 Å². The Morgan fingerprint density at radius 3 is 0.911 bits per heavy atom. The van der Waals surface area contributed by atoms with Crippen molar-refractivity contribution >= 4 is 34.1 Å². The Bertz CT molecular complexity index is 2540. The van der Waals surface area contributed by atoms with Gasteiger partial charge in [0, 0.05) is 34.1 Å². The van der Waals surface area contributed by atoms with Gasteiger partial charge in [-0.05, 0) is 141 Å².